The standard InChI is InChI=1S/C25H22N4O5/c1-15-3-5-17(6-4-15)14-26-24(31)19-11-12-20-22(23(19)30)25(32)28(2)21(27-20)13-16-7-9-18(10-8-16)29(33)34/h3-12,30H,13-14H2,1-2H3,(H,26,31). The number of phenolic OH excluding ortho intramolecular Hbond substituents is 1. The molecule has 0 saturated carbocycles. The van der Waals surface area contributed by atoms with Gasteiger partial charge in [0.05, 0.1) is 16.0 Å². The third kappa shape index (κ3) is 4.49. The number of phenols is 1. The first kappa shape index (κ1) is 22.7. The number of hydrogen-bond acceptors (Lipinski definition) is 6. The molecular weight excluding hydrogens is 436 g/mol. The summed E-state index contributed by atoms with van der Waals surface area (Å²) < 4.78 is 1.30. The van der Waals surface area contributed by atoms with Crippen LogP contribution in [-0.2, 0) is 20.0 Å². The molecule has 0 aliphatic heterocycles. The number of benzene rings is 3. The maximum absolute atomic E-state index is 13.0. The fourth-order valence-electron chi connectivity index (χ4n) is 3.63. The van der Waals surface area contributed by atoms with Crippen LogP contribution < -0.4 is 10.9 Å². The van der Waals surface area contributed by atoms with E-state index in [-0.39, 0.29) is 35.1 Å². The number of nitrogens with zero attached hydrogens (tertiary/aromatic N) is 3. The van der Waals surface area contributed by atoms with E-state index >= 15 is 0 Å². The zero-order valence-electron chi connectivity index (χ0n) is 18.6. The molecule has 1 aromatic heterocycles. The number of aromatic nitrogens is 2. The maximum Gasteiger partial charge on any atom is 0.269 e. The average Bonchev–Trinajstić information content (AvgIpc) is 2.82. The van der Waals surface area contributed by atoms with Gasteiger partial charge in [-0.2, -0.15) is 0 Å². The van der Waals surface area contributed by atoms with Gasteiger partial charge in [-0.15, -0.1) is 0 Å². The molecule has 4 rings (SSSR count). The molecular formula is C25H22N4O5. The second-order valence-electron chi connectivity index (χ2n) is 8.02. The fourth-order valence-corrected chi connectivity index (χ4v) is 3.63. The highest BCUT2D eigenvalue weighted by Crippen LogP contribution is 2.26. The van der Waals surface area contributed by atoms with E-state index in [0.29, 0.717) is 5.82 Å². The van der Waals surface area contributed by atoms with Crippen molar-refractivity contribution in [3.8, 4) is 5.75 Å². The second-order valence-corrected chi connectivity index (χ2v) is 8.02. The van der Waals surface area contributed by atoms with Crippen LogP contribution in [0.1, 0.15) is 32.9 Å². The summed E-state index contributed by atoms with van der Waals surface area (Å²) in [4.78, 5) is 40.6. The van der Waals surface area contributed by atoms with E-state index in [1.54, 1.807) is 12.1 Å². The van der Waals surface area contributed by atoms with Gasteiger partial charge in [0.25, 0.3) is 17.2 Å². The quantitative estimate of drug-likeness (QED) is 0.337. The third-order valence-electron chi connectivity index (χ3n) is 5.64. The number of hydrogen-bond donors (Lipinski definition) is 2. The first-order valence-corrected chi connectivity index (χ1v) is 10.5. The van der Waals surface area contributed by atoms with E-state index < -0.39 is 22.1 Å². The molecule has 0 spiro atoms. The number of rotatable bonds is 6. The van der Waals surface area contributed by atoms with Gasteiger partial charge >= 0.3 is 0 Å². The van der Waals surface area contributed by atoms with Crippen molar-refractivity contribution < 1.29 is 14.8 Å². The molecule has 9 heteroatoms. The van der Waals surface area contributed by atoms with E-state index in [1.165, 1.54) is 35.9 Å². The summed E-state index contributed by atoms with van der Waals surface area (Å²) in [6, 6.07) is 16.6. The average molecular weight is 458 g/mol. The van der Waals surface area contributed by atoms with Crippen LogP contribution >= 0.6 is 0 Å². The van der Waals surface area contributed by atoms with Gasteiger partial charge in [0.15, 0.2) is 0 Å². The Morgan fingerprint density at radius 2 is 1.71 bits per heavy atom. The zero-order chi connectivity index (χ0) is 24.4. The molecule has 0 radical (unpaired) electrons. The van der Waals surface area contributed by atoms with Crippen molar-refractivity contribution in [1.29, 1.82) is 0 Å². The minimum atomic E-state index is -0.503. The van der Waals surface area contributed by atoms with Crippen molar-refractivity contribution in [1.82, 2.24) is 14.9 Å². The van der Waals surface area contributed by atoms with Crippen molar-refractivity contribution >= 4 is 22.5 Å². The van der Waals surface area contributed by atoms with Gasteiger partial charge in [-0.25, -0.2) is 4.98 Å². The number of aromatic hydroxyl groups is 1. The fraction of sp³-hybridized carbons (Fsp3) is 0.160. The molecule has 0 bridgehead atoms. The Kier molecular flexibility index (Phi) is 6.09. The Balaban J connectivity index is 1.61. The summed E-state index contributed by atoms with van der Waals surface area (Å²) in [6.45, 7) is 2.25. The number of amides is 1. The van der Waals surface area contributed by atoms with Gasteiger partial charge in [0.2, 0.25) is 0 Å². The van der Waals surface area contributed by atoms with Crippen LogP contribution in [0.25, 0.3) is 10.9 Å². The number of fused-ring (bicyclic) bond motifs is 1. The van der Waals surface area contributed by atoms with Crippen molar-refractivity contribution in [2.45, 2.75) is 19.9 Å². The van der Waals surface area contributed by atoms with Crippen molar-refractivity contribution in [3.05, 3.63) is 109 Å². The van der Waals surface area contributed by atoms with E-state index in [9.17, 15) is 24.8 Å². The number of carbonyl (C=O) groups excluding carboxylic acids is 1. The van der Waals surface area contributed by atoms with E-state index in [4.69, 9.17) is 0 Å². The molecule has 0 unspecified atom stereocenters. The summed E-state index contributed by atoms with van der Waals surface area (Å²) in [5.74, 6) is -0.506. The molecule has 0 aliphatic carbocycles. The number of nitrogens with one attached hydrogen (secondary N) is 1. The maximum atomic E-state index is 13.0. The molecule has 3 aromatic carbocycles. The molecule has 4 aromatic rings. The predicted molar refractivity (Wildman–Crippen MR) is 127 cm³/mol. The molecule has 2 N–H and O–H groups in total. The summed E-state index contributed by atoms with van der Waals surface area (Å²) >= 11 is 0. The summed E-state index contributed by atoms with van der Waals surface area (Å²) in [5, 5.41) is 24.3. The van der Waals surface area contributed by atoms with Gasteiger partial charge in [-0.3, -0.25) is 24.3 Å². The molecule has 172 valence electrons. The Morgan fingerprint density at radius 1 is 1.06 bits per heavy atom. The monoisotopic (exact) mass is 458 g/mol. The highest BCUT2D eigenvalue weighted by molar-refractivity contribution is 6.02. The third-order valence-corrected chi connectivity index (χ3v) is 5.64. The minimum absolute atomic E-state index is 0.0124. The molecule has 0 saturated heterocycles. The Bertz CT molecular complexity index is 1460. The highest BCUT2D eigenvalue weighted by Gasteiger charge is 2.19. The van der Waals surface area contributed by atoms with E-state index in [0.717, 1.165) is 16.7 Å². The highest BCUT2D eigenvalue weighted by atomic mass is 16.6. The first-order chi connectivity index (χ1) is 16.2. The summed E-state index contributed by atoms with van der Waals surface area (Å²) in [6.07, 6.45) is 0.263. The van der Waals surface area contributed by atoms with Crippen LogP contribution in [0.3, 0.4) is 0 Å². The minimum Gasteiger partial charge on any atom is -0.506 e. The molecule has 1 heterocycles. The van der Waals surface area contributed by atoms with E-state index in [2.05, 4.69) is 10.3 Å². The SMILES string of the molecule is Cc1ccc(CNC(=O)c2ccc3nc(Cc4ccc([N+](=O)[O-])cc4)n(C)c(=O)c3c2O)cc1. The van der Waals surface area contributed by atoms with Crippen LogP contribution in [0.5, 0.6) is 5.75 Å². The van der Waals surface area contributed by atoms with Crippen molar-refractivity contribution in [2.24, 2.45) is 7.05 Å². The summed E-state index contributed by atoms with van der Waals surface area (Å²) in [7, 11) is 1.53. The summed E-state index contributed by atoms with van der Waals surface area (Å²) in [5.41, 5.74) is 2.49. The molecule has 0 fully saturated rings. The van der Waals surface area contributed by atoms with Crippen molar-refractivity contribution in [2.75, 3.05) is 0 Å². The zero-order valence-corrected chi connectivity index (χ0v) is 18.6. The van der Waals surface area contributed by atoms with E-state index in [1.807, 2.05) is 31.2 Å². The smallest absolute Gasteiger partial charge is 0.269 e. The Labute approximate surface area is 194 Å². The molecule has 34 heavy (non-hydrogen) atoms. The first-order valence-electron chi connectivity index (χ1n) is 10.5. The molecule has 0 atom stereocenters. The second kappa shape index (κ2) is 9.14. The number of non-ortho nitro benzene ring substituents is 1. The Morgan fingerprint density at radius 3 is 2.35 bits per heavy atom. The van der Waals surface area contributed by atoms with Gasteiger partial charge in [0.1, 0.15) is 17.0 Å². The van der Waals surface area contributed by atoms with Gasteiger partial charge in [-0.1, -0.05) is 42.0 Å². The van der Waals surface area contributed by atoms with Crippen molar-refractivity contribution in [3.63, 3.8) is 0 Å². The predicted octanol–water partition coefficient (Wildman–Crippen LogP) is 3.38. The Hall–Kier alpha value is -4.53. The lowest BCUT2D eigenvalue weighted by atomic mass is 10.1. The number of carbonyl (C=O) groups is 1. The van der Waals surface area contributed by atoms with Crippen LogP contribution in [0.4, 0.5) is 5.69 Å². The van der Waals surface area contributed by atoms with Crippen LogP contribution in [-0.4, -0.2) is 25.5 Å². The van der Waals surface area contributed by atoms with Crippen LogP contribution in [0.2, 0.25) is 0 Å². The van der Waals surface area contributed by atoms with Crippen LogP contribution in [0.15, 0.2) is 65.5 Å². The molecule has 1 amide bonds. The topological polar surface area (TPSA) is 127 Å². The lowest BCUT2D eigenvalue weighted by Gasteiger charge is -2.12. The molecule has 9 nitrogen and oxygen atoms in total. The largest absolute Gasteiger partial charge is 0.506 e. The van der Waals surface area contributed by atoms with Gasteiger partial charge < -0.3 is 10.4 Å². The normalized spacial score (nSPS) is 10.9. The van der Waals surface area contributed by atoms with Crippen LogP contribution in [0, 0.1) is 17.0 Å². The number of nitro groups is 1. The molecule has 0 aliphatic rings. The lowest BCUT2D eigenvalue weighted by molar-refractivity contribution is -0.384. The number of nitro benzene ring substituents is 1. The van der Waals surface area contributed by atoms with Gasteiger partial charge in [-0.05, 0) is 30.2 Å². The lowest BCUT2D eigenvalue weighted by Crippen LogP contribution is -2.25. The van der Waals surface area contributed by atoms with Gasteiger partial charge in [0, 0.05) is 32.1 Å². The number of aryl methyl sites for hydroxylation is 1.